The van der Waals surface area contributed by atoms with Gasteiger partial charge in [0.15, 0.2) is 0 Å². The van der Waals surface area contributed by atoms with Crippen molar-refractivity contribution in [2.45, 2.75) is 13.5 Å². The van der Waals surface area contributed by atoms with Crippen molar-refractivity contribution in [2.75, 3.05) is 18.1 Å². The van der Waals surface area contributed by atoms with Crippen LogP contribution in [0.15, 0.2) is 35.3 Å². The molecular formula is C13H18BrNS. The number of hydrogen-bond acceptors (Lipinski definition) is 2. The van der Waals surface area contributed by atoms with Crippen molar-refractivity contribution in [3.8, 4) is 0 Å². The van der Waals surface area contributed by atoms with E-state index in [2.05, 4.69) is 52.9 Å². The van der Waals surface area contributed by atoms with Gasteiger partial charge in [-0.25, -0.2) is 0 Å². The summed E-state index contributed by atoms with van der Waals surface area (Å²) in [6, 6.07) is 6.42. The lowest BCUT2D eigenvalue weighted by atomic mass is 10.1. The molecule has 1 aromatic carbocycles. The summed E-state index contributed by atoms with van der Waals surface area (Å²) in [5, 5.41) is 3.45. The molecule has 0 bridgehead atoms. The van der Waals surface area contributed by atoms with E-state index in [4.69, 9.17) is 0 Å². The van der Waals surface area contributed by atoms with Gasteiger partial charge in [0.25, 0.3) is 0 Å². The van der Waals surface area contributed by atoms with Crippen LogP contribution in [0.4, 0.5) is 0 Å². The van der Waals surface area contributed by atoms with Crippen LogP contribution in [0.1, 0.15) is 11.1 Å². The molecule has 0 aliphatic rings. The van der Waals surface area contributed by atoms with E-state index >= 15 is 0 Å². The van der Waals surface area contributed by atoms with E-state index in [0.717, 1.165) is 29.1 Å². The molecule has 1 nitrogen and oxygen atoms in total. The molecule has 0 spiro atoms. The molecule has 0 heterocycles. The van der Waals surface area contributed by atoms with E-state index in [9.17, 15) is 0 Å². The van der Waals surface area contributed by atoms with Gasteiger partial charge in [-0.15, -0.1) is 6.58 Å². The van der Waals surface area contributed by atoms with Gasteiger partial charge in [0.05, 0.1) is 0 Å². The summed E-state index contributed by atoms with van der Waals surface area (Å²) in [5.74, 6) is 2.18. The molecule has 0 unspecified atom stereocenters. The smallest absolute Gasteiger partial charge is 0.0208 e. The van der Waals surface area contributed by atoms with Crippen molar-refractivity contribution in [1.29, 1.82) is 0 Å². The van der Waals surface area contributed by atoms with E-state index < -0.39 is 0 Å². The summed E-state index contributed by atoms with van der Waals surface area (Å²) in [6.45, 7) is 7.85. The van der Waals surface area contributed by atoms with Crippen LogP contribution in [0.2, 0.25) is 0 Å². The van der Waals surface area contributed by atoms with Crippen molar-refractivity contribution in [3.63, 3.8) is 0 Å². The monoisotopic (exact) mass is 299 g/mol. The molecule has 0 aliphatic heterocycles. The van der Waals surface area contributed by atoms with Gasteiger partial charge in [-0.1, -0.05) is 28.1 Å². The maximum Gasteiger partial charge on any atom is 0.0208 e. The molecule has 0 radical (unpaired) electrons. The zero-order chi connectivity index (χ0) is 11.8. The van der Waals surface area contributed by atoms with Gasteiger partial charge in [-0.05, 0) is 30.2 Å². The molecule has 16 heavy (non-hydrogen) atoms. The minimum absolute atomic E-state index is 0.952. The summed E-state index contributed by atoms with van der Waals surface area (Å²) in [7, 11) is 0. The van der Waals surface area contributed by atoms with E-state index in [1.165, 1.54) is 11.1 Å². The zero-order valence-corrected chi connectivity index (χ0v) is 12.0. The second-order valence-corrected chi connectivity index (χ2v) is 5.68. The lowest BCUT2D eigenvalue weighted by Gasteiger charge is -2.07. The Kier molecular flexibility index (Phi) is 6.85. The first-order valence-electron chi connectivity index (χ1n) is 5.38. The quantitative estimate of drug-likeness (QED) is 0.608. The van der Waals surface area contributed by atoms with Crippen LogP contribution in [0.5, 0.6) is 0 Å². The number of halogens is 1. The number of rotatable bonds is 7. The van der Waals surface area contributed by atoms with Gasteiger partial charge in [0, 0.05) is 29.1 Å². The summed E-state index contributed by atoms with van der Waals surface area (Å²) < 4.78 is 1.15. The molecule has 1 rings (SSSR count). The fraction of sp³-hybridized carbons (Fsp3) is 0.385. The second-order valence-electron chi connectivity index (χ2n) is 3.61. The fourth-order valence-electron chi connectivity index (χ4n) is 1.39. The molecule has 88 valence electrons. The van der Waals surface area contributed by atoms with Crippen LogP contribution >= 0.6 is 27.7 Å². The van der Waals surface area contributed by atoms with E-state index in [1.54, 1.807) is 0 Å². The minimum atomic E-state index is 0.952. The van der Waals surface area contributed by atoms with Gasteiger partial charge >= 0.3 is 0 Å². The van der Waals surface area contributed by atoms with E-state index in [0.29, 0.717) is 0 Å². The normalized spacial score (nSPS) is 10.4. The zero-order valence-electron chi connectivity index (χ0n) is 9.63. The predicted molar refractivity (Wildman–Crippen MR) is 78.1 cm³/mol. The Bertz CT molecular complexity index is 339. The van der Waals surface area contributed by atoms with Crippen molar-refractivity contribution in [2.24, 2.45) is 0 Å². The van der Waals surface area contributed by atoms with Gasteiger partial charge in [0.2, 0.25) is 0 Å². The summed E-state index contributed by atoms with van der Waals surface area (Å²) in [6.07, 6.45) is 1.95. The minimum Gasteiger partial charge on any atom is -0.312 e. The molecule has 1 aromatic rings. The number of hydrogen-bond donors (Lipinski definition) is 1. The SMILES string of the molecule is C=CCSCCNCc1ccc(Br)cc1C. The van der Waals surface area contributed by atoms with Gasteiger partial charge in [-0.2, -0.15) is 11.8 Å². The first kappa shape index (κ1) is 13.8. The molecule has 0 atom stereocenters. The Labute approximate surface area is 111 Å². The number of aryl methyl sites for hydroxylation is 1. The largest absolute Gasteiger partial charge is 0.312 e. The third kappa shape index (κ3) is 5.19. The average molecular weight is 300 g/mol. The van der Waals surface area contributed by atoms with Crippen molar-refractivity contribution < 1.29 is 0 Å². The Morgan fingerprint density at radius 1 is 1.50 bits per heavy atom. The van der Waals surface area contributed by atoms with Gasteiger partial charge < -0.3 is 5.32 Å². The molecule has 0 saturated heterocycles. The maximum absolute atomic E-state index is 3.70. The van der Waals surface area contributed by atoms with Crippen LogP contribution in [0.3, 0.4) is 0 Å². The van der Waals surface area contributed by atoms with Crippen LogP contribution < -0.4 is 5.32 Å². The van der Waals surface area contributed by atoms with Crippen molar-refractivity contribution in [3.05, 3.63) is 46.5 Å². The Morgan fingerprint density at radius 2 is 2.31 bits per heavy atom. The molecule has 0 amide bonds. The third-order valence-corrected chi connectivity index (χ3v) is 3.74. The third-order valence-electron chi connectivity index (χ3n) is 2.28. The highest BCUT2D eigenvalue weighted by Crippen LogP contribution is 2.15. The molecule has 0 aromatic heterocycles. The molecule has 1 N–H and O–H groups in total. The fourth-order valence-corrected chi connectivity index (χ4v) is 2.49. The van der Waals surface area contributed by atoms with Gasteiger partial charge in [0.1, 0.15) is 0 Å². The van der Waals surface area contributed by atoms with E-state index in [-0.39, 0.29) is 0 Å². The lowest BCUT2D eigenvalue weighted by Crippen LogP contribution is -2.17. The molecule has 0 aliphatic carbocycles. The van der Waals surface area contributed by atoms with E-state index in [1.807, 2.05) is 17.8 Å². The van der Waals surface area contributed by atoms with Crippen LogP contribution in [0, 0.1) is 6.92 Å². The lowest BCUT2D eigenvalue weighted by molar-refractivity contribution is 0.728. The average Bonchev–Trinajstić information content (AvgIpc) is 2.26. The van der Waals surface area contributed by atoms with Crippen molar-refractivity contribution in [1.82, 2.24) is 5.32 Å². The second kappa shape index (κ2) is 7.93. The first-order valence-corrected chi connectivity index (χ1v) is 7.33. The maximum atomic E-state index is 3.70. The number of thioether (sulfide) groups is 1. The molecule has 3 heteroatoms. The molecule has 0 saturated carbocycles. The Morgan fingerprint density at radius 3 is 3.00 bits per heavy atom. The molecule has 0 fully saturated rings. The predicted octanol–water partition coefficient (Wildman–Crippen LogP) is 3.77. The van der Waals surface area contributed by atoms with Gasteiger partial charge in [-0.3, -0.25) is 0 Å². The molecular weight excluding hydrogens is 282 g/mol. The summed E-state index contributed by atoms with van der Waals surface area (Å²) in [5.41, 5.74) is 2.71. The highest BCUT2D eigenvalue weighted by atomic mass is 79.9. The standard InChI is InChI=1S/C13H18BrNS/c1-3-7-16-8-6-15-10-12-4-5-13(14)9-11(12)2/h3-5,9,15H,1,6-8,10H2,2H3. The summed E-state index contributed by atoms with van der Waals surface area (Å²) >= 11 is 5.38. The topological polar surface area (TPSA) is 12.0 Å². The summed E-state index contributed by atoms with van der Waals surface area (Å²) in [4.78, 5) is 0. The first-order chi connectivity index (χ1) is 7.74. The number of nitrogens with one attached hydrogen (secondary N) is 1. The van der Waals surface area contributed by atoms with Crippen LogP contribution in [-0.2, 0) is 6.54 Å². The Balaban J connectivity index is 2.24. The van der Waals surface area contributed by atoms with Crippen molar-refractivity contribution >= 4 is 27.7 Å². The highest BCUT2D eigenvalue weighted by molar-refractivity contribution is 9.10. The van der Waals surface area contributed by atoms with Crippen LogP contribution in [-0.4, -0.2) is 18.1 Å². The Hall–Kier alpha value is -0.250. The highest BCUT2D eigenvalue weighted by Gasteiger charge is 1.98. The number of benzene rings is 1. The van der Waals surface area contributed by atoms with Crippen LogP contribution in [0.25, 0.3) is 0 Å².